The van der Waals surface area contributed by atoms with Crippen LogP contribution in [-0.4, -0.2) is 156 Å². The Morgan fingerprint density at radius 1 is 0.836 bits per heavy atom. The number of unbranched alkanes of at least 4 members (excludes halogenated alkanes) is 2. The van der Waals surface area contributed by atoms with Gasteiger partial charge < -0.3 is 39.9 Å². The molecule has 3 rings (SSSR count). The number of imide groups is 1. The van der Waals surface area contributed by atoms with Gasteiger partial charge in [0.15, 0.2) is 0 Å². The molecule has 1 saturated heterocycles. The molecule has 7 amide bonds. The molecule has 1 unspecified atom stereocenters. The van der Waals surface area contributed by atoms with E-state index in [0.717, 1.165) is 11.1 Å². The van der Waals surface area contributed by atoms with E-state index >= 15 is 0 Å². The lowest BCUT2D eigenvalue weighted by Gasteiger charge is -2.41. The molecule has 374 valence electrons. The topological polar surface area (TPSA) is 212 Å². The second-order valence-electron chi connectivity index (χ2n) is 19.1. The highest BCUT2D eigenvalue weighted by atomic mass is 16.5. The molecular formula is C50H78N6O11. The van der Waals surface area contributed by atoms with Crippen molar-refractivity contribution in [2.24, 2.45) is 23.7 Å². The maximum absolute atomic E-state index is 14.6. The molecule has 3 N–H and O–H groups in total. The predicted molar refractivity (Wildman–Crippen MR) is 253 cm³/mol. The van der Waals surface area contributed by atoms with Crippen LogP contribution in [-0.2, 0) is 54.3 Å². The average Bonchev–Trinajstić information content (AvgIpc) is 3.90. The van der Waals surface area contributed by atoms with Crippen LogP contribution in [0.5, 0.6) is 0 Å². The molecule has 0 aliphatic carbocycles. The van der Waals surface area contributed by atoms with Gasteiger partial charge in [-0.05, 0) is 55.9 Å². The van der Waals surface area contributed by atoms with E-state index in [0.29, 0.717) is 45.1 Å². The van der Waals surface area contributed by atoms with Crippen molar-refractivity contribution in [2.75, 3.05) is 41.4 Å². The summed E-state index contributed by atoms with van der Waals surface area (Å²) in [7, 11) is 6.21. The number of hydrogen-bond donors (Lipinski definition) is 3. The van der Waals surface area contributed by atoms with Crippen molar-refractivity contribution < 1.29 is 52.9 Å². The molecule has 2 aliphatic heterocycles. The van der Waals surface area contributed by atoms with Gasteiger partial charge in [-0.2, -0.15) is 0 Å². The van der Waals surface area contributed by atoms with Crippen LogP contribution >= 0.6 is 0 Å². The molecule has 0 bridgehead atoms. The molecule has 17 heteroatoms. The summed E-state index contributed by atoms with van der Waals surface area (Å²) in [5.74, 6) is -5.24. The summed E-state index contributed by atoms with van der Waals surface area (Å²) in [6.45, 7) is 15.6. The Kier molecular flexibility index (Phi) is 22.1. The number of benzene rings is 1. The number of hydrogen-bond acceptors (Lipinski definition) is 10. The number of likely N-dealkylation sites (tertiary alicyclic amines) is 1. The summed E-state index contributed by atoms with van der Waals surface area (Å²) in [5, 5.41) is 15.6. The lowest BCUT2D eigenvalue weighted by Crippen LogP contribution is -2.60. The van der Waals surface area contributed by atoms with Gasteiger partial charge in [0.1, 0.15) is 18.1 Å². The molecule has 1 aromatic rings. The number of carboxylic acid groups (broad SMARTS) is 1. The van der Waals surface area contributed by atoms with E-state index in [2.05, 4.69) is 10.6 Å². The highest BCUT2D eigenvalue weighted by molar-refractivity contribution is 6.12. The Hall–Kier alpha value is -5.16. The van der Waals surface area contributed by atoms with Gasteiger partial charge in [-0.1, -0.05) is 91.1 Å². The first-order chi connectivity index (χ1) is 31.6. The lowest BCUT2D eigenvalue weighted by atomic mass is 9.89. The van der Waals surface area contributed by atoms with Gasteiger partial charge in [0.25, 0.3) is 11.8 Å². The third-order valence-corrected chi connectivity index (χ3v) is 13.5. The summed E-state index contributed by atoms with van der Waals surface area (Å²) < 4.78 is 11.9. The highest BCUT2D eigenvalue weighted by Crippen LogP contribution is 2.30. The number of nitrogens with zero attached hydrogens (tertiary/aromatic N) is 4. The van der Waals surface area contributed by atoms with E-state index in [-0.39, 0.29) is 73.1 Å². The molecule has 9 atom stereocenters. The highest BCUT2D eigenvalue weighted by Gasteiger charge is 2.44. The number of carbonyl (C=O) groups is 8. The number of aryl methyl sites for hydroxylation is 1. The minimum absolute atomic E-state index is 0.0823. The minimum atomic E-state index is -1.16. The lowest BCUT2D eigenvalue weighted by molar-refractivity contribution is -0.149. The van der Waals surface area contributed by atoms with Gasteiger partial charge in [0.05, 0.1) is 36.6 Å². The van der Waals surface area contributed by atoms with Crippen molar-refractivity contribution >= 4 is 47.3 Å². The predicted octanol–water partition coefficient (Wildman–Crippen LogP) is 4.14. The fraction of sp³-hybridized carbons (Fsp3) is 0.680. The van der Waals surface area contributed by atoms with Crippen LogP contribution in [0.15, 0.2) is 36.4 Å². The van der Waals surface area contributed by atoms with Crippen molar-refractivity contribution in [2.45, 2.75) is 156 Å². The van der Waals surface area contributed by atoms with Gasteiger partial charge >= 0.3 is 5.97 Å². The summed E-state index contributed by atoms with van der Waals surface area (Å²) in [6, 6.07) is 3.37. The molecule has 2 heterocycles. The first-order valence-electron chi connectivity index (χ1n) is 23.9. The molecule has 0 radical (unpaired) electrons. The number of carboxylic acids is 1. The van der Waals surface area contributed by atoms with E-state index in [1.165, 1.54) is 36.2 Å². The first kappa shape index (κ1) is 56.2. The third-order valence-electron chi connectivity index (χ3n) is 13.5. The molecule has 0 spiro atoms. The molecule has 0 saturated carbocycles. The monoisotopic (exact) mass is 939 g/mol. The van der Waals surface area contributed by atoms with Crippen LogP contribution in [0.3, 0.4) is 0 Å². The molecule has 1 aromatic carbocycles. The second kappa shape index (κ2) is 26.4. The molecule has 67 heavy (non-hydrogen) atoms. The Morgan fingerprint density at radius 2 is 1.46 bits per heavy atom. The normalized spacial score (nSPS) is 18.6. The number of amides is 7. The number of nitrogens with one attached hydrogen (secondary N) is 2. The van der Waals surface area contributed by atoms with Crippen molar-refractivity contribution in [1.82, 2.24) is 30.2 Å². The summed E-state index contributed by atoms with van der Waals surface area (Å²) in [4.78, 5) is 112. The largest absolute Gasteiger partial charge is 0.480 e. The number of ether oxygens (including phenoxy) is 2. The summed E-state index contributed by atoms with van der Waals surface area (Å²) >= 11 is 0. The van der Waals surface area contributed by atoms with Crippen molar-refractivity contribution in [3.8, 4) is 0 Å². The van der Waals surface area contributed by atoms with Gasteiger partial charge in [-0.25, -0.2) is 4.79 Å². The fourth-order valence-electron chi connectivity index (χ4n) is 9.37. The van der Waals surface area contributed by atoms with Crippen molar-refractivity contribution in [3.05, 3.63) is 47.5 Å². The number of methoxy groups -OCH3 is 2. The van der Waals surface area contributed by atoms with E-state index in [1.807, 2.05) is 72.7 Å². The maximum Gasteiger partial charge on any atom is 0.326 e. The van der Waals surface area contributed by atoms with Gasteiger partial charge in [-0.3, -0.25) is 38.5 Å². The number of carbonyl (C=O) groups excluding carboxylic acids is 7. The Labute approximate surface area is 397 Å². The summed E-state index contributed by atoms with van der Waals surface area (Å²) in [5.41, 5.74) is 1.80. The van der Waals surface area contributed by atoms with Crippen molar-refractivity contribution in [3.63, 3.8) is 0 Å². The van der Waals surface area contributed by atoms with Gasteiger partial charge in [-0.15, -0.1) is 0 Å². The number of likely N-dealkylation sites (N-methyl/N-ethyl adjacent to an activating group) is 2. The first-order valence-corrected chi connectivity index (χ1v) is 23.9. The standard InChI is InChI=1S/C50H78N6O11/c1-13-33(7)45(54(10)49(63)43(30(2)3)52-48(62)44(31(4)5)53(9)39(57)19-15-14-16-26-56-40(58)24-25-41(56)59)38(66-11)29-42(60)55-27-17-18-37(55)46(67-12)34(8)47(61)51-36(50(64)65)28-35-22-20-32(6)21-23-35/h20-25,30-31,33-34,36-38,43-46H,13-19,26-29H2,1-12H3,(H,51,61)(H,52,62)(H,64,65)/t33-,34+,36-,37-,38+,43-,44-,45?,46+/m0/s1. The van der Waals surface area contributed by atoms with Crippen molar-refractivity contribution in [1.29, 1.82) is 0 Å². The average molecular weight is 939 g/mol. The minimum Gasteiger partial charge on any atom is -0.480 e. The maximum atomic E-state index is 14.6. The van der Waals surface area contributed by atoms with E-state index in [4.69, 9.17) is 9.47 Å². The SMILES string of the molecule is CC[C@H](C)C([C@@H](CC(=O)N1CCC[C@H]1[C@H](OC)[C@@H](C)C(=O)N[C@@H](Cc1ccc(C)cc1)C(=O)O)OC)N(C)C(=O)[C@@H](NC(=O)[C@H](C(C)C)N(C)C(=O)CCCCCN1C(=O)C=CC1=O)C(C)C. The van der Waals surface area contributed by atoms with Crippen LogP contribution in [0.2, 0.25) is 0 Å². The molecule has 17 nitrogen and oxygen atoms in total. The van der Waals surface area contributed by atoms with Gasteiger partial charge in [0, 0.05) is 66.4 Å². The van der Waals surface area contributed by atoms with E-state index in [1.54, 1.807) is 30.8 Å². The van der Waals surface area contributed by atoms with Crippen LogP contribution in [0.1, 0.15) is 111 Å². The molecule has 1 fully saturated rings. The zero-order chi connectivity index (χ0) is 50.3. The fourth-order valence-corrected chi connectivity index (χ4v) is 9.37. The van der Waals surface area contributed by atoms with E-state index in [9.17, 15) is 43.5 Å². The second-order valence-corrected chi connectivity index (χ2v) is 19.1. The van der Waals surface area contributed by atoms with E-state index < -0.39 is 66.1 Å². The number of aliphatic carboxylic acids is 1. The van der Waals surface area contributed by atoms with Crippen LogP contribution < -0.4 is 10.6 Å². The smallest absolute Gasteiger partial charge is 0.326 e. The van der Waals surface area contributed by atoms with Crippen LogP contribution in [0.4, 0.5) is 0 Å². The van der Waals surface area contributed by atoms with Gasteiger partial charge in [0.2, 0.25) is 29.5 Å². The quantitative estimate of drug-likeness (QED) is 0.0843. The van der Waals surface area contributed by atoms with Crippen LogP contribution in [0, 0.1) is 30.6 Å². The molecular weight excluding hydrogens is 861 g/mol. The Balaban J connectivity index is 1.71. The number of rotatable bonds is 27. The zero-order valence-electron chi connectivity index (χ0n) is 41.9. The van der Waals surface area contributed by atoms with Crippen LogP contribution in [0.25, 0.3) is 0 Å². The Bertz CT molecular complexity index is 1890. The summed E-state index contributed by atoms with van der Waals surface area (Å²) in [6.07, 6.45) is 4.71. The Morgan fingerprint density at radius 3 is 2.00 bits per heavy atom. The molecule has 0 aromatic heterocycles. The third kappa shape index (κ3) is 15.2. The molecule has 2 aliphatic rings. The zero-order valence-corrected chi connectivity index (χ0v) is 41.9.